The topological polar surface area (TPSA) is 55.8 Å². The maximum atomic E-state index is 13.3. The van der Waals surface area contributed by atoms with E-state index in [1.807, 2.05) is 12.1 Å². The summed E-state index contributed by atoms with van der Waals surface area (Å²) in [6.45, 7) is 12.3. The van der Waals surface area contributed by atoms with E-state index in [0.717, 1.165) is 16.7 Å². The van der Waals surface area contributed by atoms with Crippen LogP contribution in [0.25, 0.3) is 0 Å². The highest BCUT2D eigenvalue weighted by Crippen LogP contribution is 2.41. The molecule has 2 aromatic rings. The number of carbonyl (C=O) groups is 1. The van der Waals surface area contributed by atoms with Gasteiger partial charge in [0, 0.05) is 6.42 Å². The number of rotatable bonds is 5. The number of halogens is 1. The summed E-state index contributed by atoms with van der Waals surface area (Å²) >= 11 is 3.44. The van der Waals surface area contributed by atoms with Crippen LogP contribution in [0.2, 0.25) is 0 Å². The van der Waals surface area contributed by atoms with Crippen LogP contribution >= 0.6 is 15.9 Å². The van der Waals surface area contributed by atoms with E-state index in [9.17, 15) is 9.90 Å². The summed E-state index contributed by atoms with van der Waals surface area (Å²) in [5.41, 5.74) is 2.42. The van der Waals surface area contributed by atoms with Crippen molar-refractivity contribution in [1.82, 2.24) is 0 Å². The summed E-state index contributed by atoms with van der Waals surface area (Å²) in [5.74, 6) is 1.13. The molecule has 0 atom stereocenters. The van der Waals surface area contributed by atoms with Crippen molar-refractivity contribution in [1.29, 1.82) is 0 Å². The number of methoxy groups -OCH3 is 2. The Bertz CT molecular complexity index is 883. The standard InChI is InChI=1S/C24H31BrO4/c1-23(2,3)15-11-14(12-16(21(15)27)24(4,5)6)13-18(26)20-19(28-7)10-9-17(25)22(20)29-8/h9-12,27H,13H2,1-8H3. The molecule has 0 amide bonds. The molecule has 0 heterocycles. The highest BCUT2D eigenvalue weighted by molar-refractivity contribution is 9.10. The van der Waals surface area contributed by atoms with Gasteiger partial charge in [0.1, 0.15) is 22.8 Å². The minimum absolute atomic E-state index is 0.106. The van der Waals surface area contributed by atoms with Gasteiger partial charge in [-0.25, -0.2) is 0 Å². The van der Waals surface area contributed by atoms with Gasteiger partial charge in [0.15, 0.2) is 5.78 Å². The number of phenols is 1. The van der Waals surface area contributed by atoms with Crippen LogP contribution in [-0.4, -0.2) is 25.1 Å². The van der Waals surface area contributed by atoms with Gasteiger partial charge in [-0.2, -0.15) is 0 Å². The van der Waals surface area contributed by atoms with E-state index < -0.39 is 0 Å². The Labute approximate surface area is 182 Å². The van der Waals surface area contributed by atoms with Crippen LogP contribution in [-0.2, 0) is 17.3 Å². The number of carbonyl (C=O) groups excluding carboxylic acids is 1. The van der Waals surface area contributed by atoms with Gasteiger partial charge in [-0.05, 0) is 55.6 Å². The molecule has 0 aliphatic carbocycles. The minimum atomic E-state index is -0.256. The van der Waals surface area contributed by atoms with Crippen LogP contribution < -0.4 is 9.47 Å². The average molecular weight is 463 g/mol. The molecule has 1 N–H and O–H groups in total. The van der Waals surface area contributed by atoms with E-state index >= 15 is 0 Å². The fourth-order valence-corrected chi connectivity index (χ4v) is 3.88. The molecular weight excluding hydrogens is 432 g/mol. The first kappa shape index (κ1) is 23.3. The monoisotopic (exact) mass is 462 g/mol. The van der Waals surface area contributed by atoms with Crippen LogP contribution in [0.3, 0.4) is 0 Å². The molecule has 0 fully saturated rings. The Morgan fingerprint density at radius 1 is 0.966 bits per heavy atom. The van der Waals surface area contributed by atoms with Crippen LogP contribution in [0.4, 0.5) is 0 Å². The molecule has 5 heteroatoms. The van der Waals surface area contributed by atoms with Crippen molar-refractivity contribution in [2.75, 3.05) is 14.2 Å². The molecule has 4 nitrogen and oxygen atoms in total. The zero-order valence-electron chi connectivity index (χ0n) is 18.6. The lowest BCUT2D eigenvalue weighted by Gasteiger charge is -2.28. The van der Waals surface area contributed by atoms with Crippen LogP contribution in [0.1, 0.15) is 68.6 Å². The summed E-state index contributed by atoms with van der Waals surface area (Å²) in [6, 6.07) is 7.40. The molecule has 0 saturated heterocycles. The van der Waals surface area contributed by atoms with Crippen molar-refractivity contribution < 1.29 is 19.4 Å². The largest absolute Gasteiger partial charge is 0.507 e. The molecule has 0 saturated carbocycles. The van der Waals surface area contributed by atoms with Gasteiger partial charge in [0.05, 0.1) is 18.7 Å². The molecule has 2 rings (SSSR count). The first-order valence-corrected chi connectivity index (χ1v) is 10.4. The number of hydrogen-bond donors (Lipinski definition) is 1. The van der Waals surface area contributed by atoms with Crippen LogP contribution in [0, 0.1) is 0 Å². The quantitative estimate of drug-likeness (QED) is 0.537. The summed E-state index contributed by atoms with van der Waals surface area (Å²) in [7, 11) is 3.07. The fraction of sp³-hybridized carbons (Fsp3) is 0.458. The predicted molar refractivity (Wildman–Crippen MR) is 121 cm³/mol. The number of phenolic OH excluding ortho intramolecular Hbond substituents is 1. The maximum Gasteiger partial charge on any atom is 0.174 e. The lowest BCUT2D eigenvalue weighted by molar-refractivity contribution is 0.0986. The SMILES string of the molecule is COc1ccc(Br)c(OC)c1C(=O)Cc1cc(C(C)(C)C)c(O)c(C(C)(C)C)c1. The lowest BCUT2D eigenvalue weighted by atomic mass is 9.78. The molecule has 0 aliphatic rings. The van der Waals surface area contributed by atoms with Gasteiger partial charge in [0.2, 0.25) is 0 Å². The normalized spacial score (nSPS) is 12.0. The van der Waals surface area contributed by atoms with E-state index in [-0.39, 0.29) is 23.0 Å². The Morgan fingerprint density at radius 2 is 1.48 bits per heavy atom. The number of benzene rings is 2. The summed E-state index contributed by atoms with van der Waals surface area (Å²) in [6.07, 6.45) is 0.176. The third-order valence-electron chi connectivity index (χ3n) is 4.92. The molecule has 158 valence electrons. The number of Topliss-reactive ketones (excluding diaryl/α,β-unsaturated/α-hetero) is 1. The van der Waals surface area contributed by atoms with Gasteiger partial charge in [0.25, 0.3) is 0 Å². The second-order valence-corrected chi connectivity index (χ2v) is 10.2. The number of ether oxygens (including phenoxy) is 2. The van der Waals surface area contributed by atoms with E-state index in [1.165, 1.54) is 14.2 Å². The van der Waals surface area contributed by atoms with Crippen molar-refractivity contribution in [3.05, 3.63) is 51.0 Å². The first-order chi connectivity index (χ1) is 13.3. The molecular formula is C24H31BrO4. The van der Waals surface area contributed by atoms with Crippen molar-refractivity contribution >= 4 is 21.7 Å². The Balaban J connectivity index is 2.61. The lowest BCUT2D eigenvalue weighted by Crippen LogP contribution is -2.18. The molecule has 2 aromatic carbocycles. The van der Waals surface area contributed by atoms with Crippen molar-refractivity contribution in [3.8, 4) is 17.2 Å². The number of aromatic hydroxyl groups is 1. The molecule has 0 aliphatic heterocycles. The summed E-state index contributed by atoms with van der Waals surface area (Å²) < 4.78 is 11.6. The van der Waals surface area contributed by atoms with Crippen molar-refractivity contribution in [2.24, 2.45) is 0 Å². The summed E-state index contributed by atoms with van der Waals surface area (Å²) in [5, 5.41) is 10.9. The number of hydrogen-bond acceptors (Lipinski definition) is 4. The van der Waals surface area contributed by atoms with Crippen molar-refractivity contribution in [3.63, 3.8) is 0 Å². The van der Waals surface area contributed by atoms with Crippen LogP contribution in [0.5, 0.6) is 17.2 Å². The van der Waals surface area contributed by atoms with Gasteiger partial charge in [-0.3, -0.25) is 4.79 Å². The van der Waals surface area contributed by atoms with Gasteiger partial charge in [-0.15, -0.1) is 0 Å². The van der Waals surface area contributed by atoms with Gasteiger partial charge < -0.3 is 14.6 Å². The smallest absolute Gasteiger partial charge is 0.174 e. The maximum absolute atomic E-state index is 13.3. The zero-order chi connectivity index (χ0) is 22.1. The third-order valence-corrected chi connectivity index (χ3v) is 5.55. The van der Waals surface area contributed by atoms with Gasteiger partial charge >= 0.3 is 0 Å². The zero-order valence-corrected chi connectivity index (χ0v) is 20.2. The van der Waals surface area contributed by atoms with Gasteiger partial charge in [-0.1, -0.05) is 53.7 Å². The highest BCUT2D eigenvalue weighted by Gasteiger charge is 2.28. The average Bonchev–Trinajstić information content (AvgIpc) is 2.60. The van der Waals surface area contributed by atoms with E-state index in [1.54, 1.807) is 12.1 Å². The molecule has 0 bridgehead atoms. The molecule has 29 heavy (non-hydrogen) atoms. The molecule has 0 aromatic heterocycles. The molecule has 0 unspecified atom stereocenters. The van der Waals surface area contributed by atoms with E-state index in [0.29, 0.717) is 27.3 Å². The Kier molecular flexibility index (Phi) is 6.73. The molecule has 0 spiro atoms. The molecule has 0 radical (unpaired) electrons. The van der Waals surface area contributed by atoms with E-state index in [2.05, 4.69) is 57.5 Å². The number of ketones is 1. The van der Waals surface area contributed by atoms with Crippen LogP contribution in [0.15, 0.2) is 28.7 Å². The second kappa shape index (κ2) is 8.39. The van der Waals surface area contributed by atoms with Crippen molar-refractivity contribution in [2.45, 2.75) is 58.8 Å². The fourth-order valence-electron chi connectivity index (χ4n) is 3.39. The second-order valence-electron chi connectivity index (χ2n) is 9.30. The minimum Gasteiger partial charge on any atom is -0.507 e. The predicted octanol–water partition coefficient (Wildman–Crippen LogP) is 6.19. The van der Waals surface area contributed by atoms with E-state index in [4.69, 9.17) is 9.47 Å². The third kappa shape index (κ3) is 4.95. The Morgan fingerprint density at radius 3 is 1.90 bits per heavy atom. The highest BCUT2D eigenvalue weighted by atomic mass is 79.9. The summed E-state index contributed by atoms with van der Waals surface area (Å²) in [4.78, 5) is 13.3. The first-order valence-electron chi connectivity index (χ1n) is 9.61. The Hall–Kier alpha value is -2.01.